The molecular formula is C19H24N4O4S2. The van der Waals surface area contributed by atoms with E-state index in [0.717, 1.165) is 47.6 Å². The maximum Gasteiger partial charge on any atom is 0.265 e. The van der Waals surface area contributed by atoms with Gasteiger partial charge in [-0.1, -0.05) is 23.9 Å². The lowest BCUT2D eigenvalue weighted by molar-refractivity contribution is 0.0730. The molecule has 2 aliphatic rings. The van der Waals surface area contributed by atoms with Gasteiger partial charge in [0.2, 0.25) is 10.0 Å². The number of aryl methyl sites for hydroxylation is 2. The number of fused-ring (bicyclic) bond motifs is 1. The van der Waals surface area contributed by atoms with Crippen molar-refractivity contribution in [2.24, 2.45) is 0 Å². The number of amides is 1. The van der Waals surface area contributed by atoms with Crippen LogP contribution in [-0.4, -0.2) is 54.5 Å². The summed E-state index contributed by atoms with van der Waals surface area (Å²) >= 11 is 1.10. The zero-order chi connectivity index (χ0) is 20.4. The highest BCUT2D eigenvalue weighted by Gasteiger charge is 2.31. The Morgan fingerprint density at radius 1 is 1.34 bits per heavy atom. The third kappa shape index (κ3) is 4.07. The molecule has 156 valence electrons. The first-order valence-corrected chi connectivity index (χ1v) is 12.0. The fourth-order valence-electron chi connectivity index (χ4n) is 3.83. The van der Waals surface area contributed by atoms with Gasteiger partial charge in [-0.15, -0.1) is 5.10 Å². The number of rotatable bonds is 6. The molecule has 29 heavy (non-hydrogen) atoms. The summed E-state index contributed by atoms with van der Waals surface area (Å²) < 4.78 is 36.6. The number of aromatic nitrogens is 2. The van der Waals surface area contributed by atoms with E-state index in [1.165, 1.54) is 4.31 Å². The Labute approximate surface area is 174 Å². The number of carbonyl (C=O) groups is 1. The summed E-state index contributed by atoms with van der Waals surface area (Å²) in [6, 6.07) is 5.04. The van der Waals surface area contributed by atoms with Gasteiger partial charge in [0.1, 0.15) is 4.88 Å². The molecule has 1 aromatic carbocycles. The molecule has 1 N–H and O–H groups in total. The predicted molar refractivity (Wildman–Crippen MR) is 108 cm³/mol. The molecule has 1 amide bonds. The molecular weight excluding hydrogens is 412 g/mol. The first-order chi connectivity index (χ1) is 14.0. The van der Waals surface area contributed by atoms with Crippen LogP contribution < -0.4 is 5.32 Å². The molecule has 0 spiro atoms. The monoisotopic (exact) mass is 436 g/mol. The van der Waals surface area contributed by atoms with Gasteiger partial charge in [0, 0.05) is 13.1 Å². The van der Waals surface area contributed by atoms with Crippen LogP contribution in [0, 0.1) is 0 Å². The van der Waals surface area contributed by atoms with Gasteiger partial charge in [-0.3, -0.25) is 4.79 Å². The molecule has 8 nitrogen and oxygen atoms in total. The molecule has 1 aromatic heterocycles. The second-order valence-electron chi connectivity index (χ2n) is 7.24. The zero-order valence-corrected chi connectivity index (χ0v) is 17.9. The minimum atomic E-state index is -3.57. The number of hydrogen-bond acceptors (Lipinski definition) is 7. The smallest absolute Gasteiger partial charge is 0.265 e. The SMILES string of the molecule is CCCc1nnsc1C(=O)N[C@@H]1CCc2ccc(S(=O)(=O)N3CCOCC3)cc21. The molecule has 0 radical (unpaired) electrons. The summed E-state index contributed by atoms with van der Waals surface area (Å²) in [7, 11) is -3.57. The summed E-state index contributed by atoms with van der Waals surface area (Å²) in [6.45, 7) is 3.57. The van der Waals surface area contributed by atoms with Gasteiger partial charge in [-0.25, -0.2) is 8.42 Å². The van der Waals surface area contributed by atoms with Crippen molar-refractivity contribution >= 4 is 27.5 Å². The highest BCUT2D eigenvalue weighted by atomic mass is 32.2. The molecule has 0 unspecified atom stereocenters. The highest BCUT2D eigenvalue weighted by molar-refractivity contribution is 7.89. The van der Waals surface area contributed by atoms with E-state index in [4.69, 9.17) is 4.74 Å². The number of ether oxygens (including phenoxy) is 1. The van der Waals surface area contributed by atoms with Gasteiger partial charge in [-0.2, -0.15) is 4.31 Å². The minimum Gasteiger partial charge on any atom is -0.379 e. The van der Waals surface area contributed by atoms with Gasteiger partial charge < -0.3 is 10.1 Å². The van der Waals surface area contributed by atoms with Crippen molar-refractivity contribution in [3.8, 4) is 0 Å². The Kier molecular flexibility index (Phi) is 5.95. The lowest BCUT2D eigenvalue weighted by Crippen LogP contribution is -2.40. The molecule has 4 rings (SSSR count). The van der Waals surface area contributed by atoms with Crippen LogP contribution in [0.5, 0.6) is 0 Å². The van der Waals surface area contributed by atoms with Crippen molar-refractivity contribution in [1.29, 1.82) is 0 Å². The van der Waals surface area contributed by atoms with Crippen molar-refractivity contribution in [3.63, 3.8) is 0 Å². The van der Waals surface area contributed by atoms with Crippen molar-refractivity contribution < 1.29 is 17.9 Å². The van der Waals surface area contributed by atoms with E-state index in [-0.39, 0.29) is 16.8 Å². The molecule has 1 aliphatic carbocycles. The fourth-order valence-corrected chi connectivity index (χ4v) is 5.89. The van der Waals surface area contributed by atoms with Gasteiger partial charge >= 0.3 is 0 Å². The predicted octanol–water partition coefficient (Wildman–Crippen LogP) is 1.93. The Morgan fingerprint density at radius 3 is 2.90 bits per heavy atom. The molecule has 0 saturated carbocycles. The molecule has 0 bridgehead atoms. The summed E-state index contributed by atoms with van der Waals surface area (Å²) in [5, 5.41) is 7.11. The maximum absolute atomic E-state index is 13.0. The van der Waals surface area contributed by atoms with Crippen molar-refractivity contribution in [2.45, 2.75) is 43.5 Å². The van der Waals surface area contributed by atoms with Crippen LogP contribution in [0.15, 0.2) is 23.1 Å². The second kappa shape index (κ2) is 8.47. The topological polar surface area (TPSA) is 101 Å². The molecule has 1 saturated heterocycles. The molecule has 1 aliphatic heterocycles. The Balaban J connectivity index is 1.56. The van der Waals surface area contributed by atoms with Crippen LogP contribution in [-0.2, 0) is 27.6 Å². The van der Waals surface area contributed by atoms with Crippen LogP contribution in [0.2, 0.25) is 0 Å². The normalized spacial score (nSPS) is 19.8. The third-order valence-electron chi connectivity index (χ3n) is 5.36. The van der Waals surface area contributed by atoms with E-state index in [9.17, 15) is 13.2 Å². The minimum absolute atomic E-state index is 0.192. The number of nitrogens with one attached hydrogen (secondary N) is 1. The Morgan fingerprint density at radius 2 is 2.14 bits per heavy atom. The summed E-state index contributed by atoms with van der Waals surface area (Å²) in [5.41, 5.74) is 2.67. The first-order valence-electron chi connectivity index (χ1n) is 9.83. The first kappa shape index (κ1) is 20.4. The van der Waals surface area contributed by atoms with E-state index >= 15 is 0 Å². The molecule has 1 fully saturated rings. The van der Waals surface area contributed by atoms with Crippen molar-refractivity contribution in [2.75, 3.05) is 26.3 Å². The number of carbonyl (C=O) groups excluding carboxylic acids is 1. The lowest BCUT2D eigenvalue weighted by atomic mass is 10.1. The molecule has 1 atom stereocenters. The summed E-state index contributed by atoms with van der Waals surface area (Å²) in [6.07, 6.45) is 3.15. The second-order valence-corrected chi connectivity index (χ2v) is 9.93. The fraction of sp³-hybridized carbons (Fsp3) is 0.526. The van der Waals surface area contributed by atoms with Crippen LogP contribution in [0.1, 0.15) is 52.3 Å². The average Bonchev–Trinajstić information content (AvgIpc) is 3.36. The van der Waals surface area contributed by atoms with Crippen LogP contribution in [0.3, 0.4) is 0 Å². The van der Waals surface area contributed by atoms with E-state index < -0.39 is 10.0 Å². The largest absolute Gasteiger partial charge is 0.379 e. The van der Waals surface area contributed by atoms with Crippen LogP contribution in [0.4, 0.5) is 0 Å². The van der Waals surface area contributed by atoms with E-state index in [1.54, 1.807) is 12.1 Å². The highest BCUT2D eigenvalue weighted by Crippen LogP contribution is 2.34. The zero-order valence-electron chi connectivity index (χ0n) is 16.3. The van der Waals surface area contributed by atoms with Gasteiger partial charge in [-0.05, 0) is 54.1 Å². The molecule has 10 heteroatoms. The number of morpholine rings is 1. The van der Waals surface area contributed by atoms with Crippen LogP contribution in [0.25, 0.3) is 0 Å². The lowest BCUT2D eigenvalue weighted by Gasteiger charge is -2.26. The summed E-state index contributed by atoms with van der Waals surface area (Å²) in [5.74, 6) is -0.192. The number of benzene rings is 1. The Bertz CT molecular complexity index is 999. The molecule has 2 aromatic rings. The Hall–Kier alpha value is -1.88. The maximum atomic E-state index is 13.0. The number of hydrogen-bond donors (Lipinski definition) is 1. The third-order valence-corrected chi connectivity index (χ3v) is 8.02. The number of sulfonamides is 1. The van der Waals surface area contributed by atoms with Gasteiger partial charge in [0.25, 0.3) is 5.91 Å². The van der Waals surface area contributed by atoms with Gasteiger partial charge in [0.15, 0.2) is 0 Å². The molecule has 2 heterocycles. The summed E-state index contributed by atoms with van der Waals surface area (Å²) in [4.78, 5) is 13.6. The quantitative estimate of drug-likeness (QED) is 0.742. The van der Waals surface area contributed by atoms with E-state index in [1.807, 2.05) is 13.0 Å². The average molecular weight is 437 g/mol. The standard InChI is InChI=1S/C19H24N4O4S2/c1-2-3-17-18(28-22-21-17)19(24)20-16-7-5-13-4-6-14(12-15(13)16)29(25,26)23-8-10-27-11-9-23/h4,6,12,16H,2-3,5,7-11H2,1H3,(H,20,24)/t16-/m1/s1. The van der Waals surface area contributed by atoms with Crippen molar-refractivity contribution in [3.05, 3.63) is 39.9 Å². The van der Waals surface area contributed by atoms with Crippen molar-refractivity contribution in [1.82, 2.24) is 19.2 Å². The van der Waals surface area contributed by atoms with Gasteiger partial charge in [0.05, 0.1) is 29.8 Å². The van der Waals surface area contributed by atoms with Crippen LogP contribution >= 0.6 is 11.5 Å². The van der Waals surface area contributed by atoms with E-state index in [0.29, 0.717) is 37.6 Å². The van der Waals surface area contributed by atoms with E-state index in [2.05, 4.69) is 14.9 Å². The number of nitrogens with zero attached hydrogens (tertiary/aromatic N) is 3.